The largest absolute Gasteiger partial charge is 0.405 e. The molecule has 0 aliphatic carbocycles. The zero-order valence-corrected chi connectivity index (χ0v) is 17.5. The van der Waals surface area contributed by atoms with Crippen LogP contribution >= 0.6 is 0 Å². The highest BCUT2D eigenvalue weighted by atomic mass is 19.3. The molecule has 32 heavy (non-hydrogen) atoms. The van der Waals surface area contributed by atoms with Crippen LogP contribution in [0.15, 0.2) is 47.4 Å². The molecule has 1 atom stereocenters. The van der Waals surface area contributed by atoms with Crippen molar-refractivity contribution >= 4 is 17.3 Å². The molecule has 0 aromatic heterocycles. The molecule has 4 rings (SSSR count). The summed E-state index contributed by atoms with van der Waals surface area (Å²) >= 11 is 0. The number of aliphatic imine (C=N–C) groups is 1. The summed E-state index contributed by atoms with van der Waals surface area (Å²) in [5.41, 5.74) is 6.77. The van der Waals surface area contributed by atoms with Crippen LogP contribution in [0.25, 0.3) is 5.70 Å². The van der Waals surface area contributed by atoms with E-state index in [-0.39, 0.29) is 56.1 Å². The van der Waals surface area contributed by atoms with E-state index in [0.717, 1.165) is 0 Å². The van der Waals surface area contributed by atoms with E-state index in [1.54, 1.807) is 23.1 Å². The predicted molar refractivity (Wildman–Crippen MR) is 114 cm³/mol. The molecule has 1 unspecified atom stereocenters. The van der Waals surface area contributed by atoms with Crippen molar-refractivity contribution in [3.63, 3.8) is 0 Å². The smallest absolute Gasteiger partial charge is 0.268 e. The lowest BCUT2D eigenvalue weighted by molar-refractivity contribution is -0.117. The summed E-state index contributed by atoms with van der Waals surface area (Å²) < 4.78 is 46.0. The van der Waals surface area contributed by atoms with Crippen molar-refractivity contribution in [2.45, 2.75) is 24.8 Å². The Balaban J connectivity index is 1.61. The first-order chi connectivity index (χ1) is 15.4. The van der Waals surface area contributed by atoms with Crippen molar-refractivity contribution < 1.29 is 22.7 Å². The van der Waals surface area contributed by atoms with Crippen molar-refractivity contribution in [2.75, 3.05) is 32.8 Å². The number of likely N-dealkylation sites (tertiary alicyclic amines) is 1. The number of rotatable bonds is 6. The van der Waals surface area contributed by atoms with Gasteiger partial charge in [-0.1, -0.05) is 0 Å². The lowest BCUT2D eigenvalue weighted by Crippen LogP contribution is -2.51. The second-order valence-corrected chi connectivity index (χ2v) is 8.14. The first kappa shape index (κ1) is 22.2. The summed E-state index contributed by atoms with van der Waals surface area (Å²) in [7, 11) is 0. The van der Waals surface area contributed by atoms with E-state index in [1.807, 2.05) is 0 Å². The third-order valence-electron chi connectivity index (χ3n) is 5.87. The number of nitrogens with two attached hydrogens (primary N) is 1. The predicted octanol–water partition coefficient (Wildman–Crippen LogP) is 1.83. The average Bonchev–Trinajstić information content (AvgIpc) is 2.73. The normalized spacial score (nSPS) is 22.2. The number of nitrogens with one attached hydrogen (secondary N) is 2. The molecule has 7 nitrogen and oxygen atoms in total. The number of halogens is 3. The van der Waals surface area contributed by atoms with Crippen LogP contribution in [0.3, 0.4) is 0 Å². The van der Waals surface area contributed by atoms with Gasteiger partial charge in [0.25, 0.3) is 11.8 Å². The quantitative estimate of drug-likeness (QED) is 0.617. The Morgan fingerprint density at radius 2 is 1.97 bits per heavy atom. The average molecular weight is 449 g/mol. The van der Waals surface area contributed by atoms with Crippen molar-refractivity contribution in [3.8, 4) is 0 Å². The van der Waals surface area contributed by atoms with Crippen LogP contribution in [-0.4, -0.2) is 61.3 Å². The van der Waals surface area contributed by atoms with Crippen LogP contribution in [0.1, 0.15) is 18.4 Å². The first-order valence-corrected chi connectivity index (χ1v) is 10.6. The van der Waals surface area contributed by atoms with Gasteiger partial charge in [0.15, 0.2) is 0 Å². The van der Waals surface area contributed by atoms with E-state index >= 15 is 0 Å². The molecule has 3 heterocycles. The number of carbonyl (C=O) groups is 1. The second-order valence-electron chi connectivity index (χ2n) is 8.14. The summed E-state index contributed by atoms with van der Waals surface area (Å²) in [6.07, 6.45) is 2.57. The van der Waals surface area contributed by atoms with E-state index in [9.17, 15) is 18.0 Å². The Kier molecular flexibility index (Phi) is 6.40. The fraction of sp³-hybridized carbons (Fsp3) is 0.455. The number of ether oxygens (including phenoxy) is 1. The van der Waals surface area contributed by atoms with Gasteiger partial charge in [0.1, 0.15) is 23.0 Å². The van der Waals surface area contributed by atoms with Gasteiger partial charge in [-0.25, -0.2) is 18.2 Å². The SMILES string of the molecule is N/C=C\C(NC(=O)C1=NC(c2ccc(F)cc2)=C(N2CCC(F)(F)CC2)NC1)C1COC1. The van der Waals surface area contributed by atoms with E-state index in [1.165, 1.54) is 18.3 Å². The summed E-state index contributed by atoms with van der Waals surface area (Å²) in [5, 5.41) is 6.10. The topological polar surface area (TPSA) is 92.0 Å². The third-order valence-corrected chi connectivity index (χ3v) is 5.87. The number of piperidine rings is 1. The zero-order chi connectivity index (χ0) is 22.7. The van der Waals surface area contributed by atoms with Gasteiger partial charge in [0.05, 0.1) is 25.8 Å². The number of nitrogens with zero attached hydrogens (tertiary/aromatic N) is 2. The maximum Gasteiger partial charge on any atom is 0.268 e. The van der Waals surface area contributed by atoms with Crippen molar-refractivity contribution in [3.05, 3.63) is 53.7 Å². The molecule has 0 saturated carbocycles. The van der Waals surface area contributed by atoms with Crippen LogP contribution in [-0.2, 0) is 9.53 Å². The van der Waals surface area contributed by atoms with Crippen LogP contribution < -0.4 is 16.4 Å². The molecule has 3 aliphatic rings. The van der Waals surface area contributed by atoms with Gasteiger partial charge in [0.2, 0.25) is 0 Å². The minimum atomic E-state index is -2.69. The van der Waals surface area contributed by atoms with Gasteiger partial charge >= 0.3 is 0 Å². The summed E-state index contributed by atoms with van der Waals surface area (Å²) in [5.74, 6) is -2.76. The molecule has 0 radical (unpaired) electrons. The number of alkyl halides is 2. The Hall–Kier alpha value is -3.01. The monoisotopic (exact) mass is 449 g/mol. The fourth-order valence-corrected chi connectivity index (χ4v) is 3.88. The van der Waals surface area contributed by atoms with E-state index < -0.39 is 11.7 Å². The Morgan fingerprint density at radius 1 is 1.28 bits per heavy atom. The van der Waals surface area contributed by atoms with Crippen LogP contribution in [0.5, 0.6) is 0 Å². The lowest BCUT2D eigenvalue weighted by atomic mass is 9.97. The molecule has 1 aromatic carbocycles. The molecule has 2 fully saturated rings. The van der Waals surface area contributed by atoms with Gasteiger partial charge in [-0.3, -0.25) is 4.79 Å². The minimum Gasteiger partial charge on any atom is -0.405 e. The van der Waals surface area contributed by atoms with Crippen LogP contribution in [0.2, 0.25) is 0 Å². The minimum absolute atomic E-state index is 0.133. The molecule has 3 aliphatic heterocycles. The highest BCUT2D eigenvalue weighted by molar-refractivity contribution is 6.41. The van der Waals surface area contributed by atoms with Gasteiger partial charge in [-0.2, -0.15) is 0 Å². The fourth-order valence-electron chi connectivity index (χ4n) is 3.88. The zero-order valence-electron chi connectivity index (χ0n) is 17.5. The third kappa shape index (κ3) is 4.90. The summed E-state index contributed by atoms with van der Waals surface area (Å²) in [4.78, 5) is 19.3. The van der Waals surface area contributed by atoms with Crippen LogP contribution in [0.4, 0.5) is 13.2 Å². The van der Waals surface area contributed by atoms with Gasteiger partial charge in [-0.15, -0.1) is 0 Å². The molecular weight excluding hydrogens is 423 g/mol. The molecule has 1 aromatic rings. The van der Waals surface area contributed by atoms with Gasteiger partial charge in [-0.05, 0) is 36.5 Å². The van der Waals surface area contributed by atoms with E-state index in [2.05, 4.69) is 15.6 Å². The molecule has 0 bridgehead atoms. The molecule has 2 saturated heterocycles. The summed E-state index contributed by atoms with van der Waals surface area (Å²) in [6.45, 7) is 1.51. The Morgan fingerprint density at radius 3 is 2.56 bits per heavy atom. The highest BCUT2D eigenvalue weighted by Crippen LogP contribution is 2.32. The standard InChI is InChI=1S/C22H26F3N5O2/c23-16-3-1-14(2-4-16)19-20(30-9-6-22(24,25)7-10-30)27-11-18(28-19)21(31)29-17(5-8-26)15-12-32-13-15/h1-5,8,15,17,27H,6-7,9-13,26H2,(H,29,31)/b8-5-. The van der Waals surface area contributed by atoms with Gasteiger partial charge < -0.3 is 26.0 Å². The molecule has 0 spiro atoms. The number of benzene rings is 1. The van der Waals surface area contributed by atoms with Crippen molar-refractivity contribution in [1.29, 1.82) is 0 Å². The van der Waals surface area contributed by atoms with Gasteiger partial charge in [0, 0.05) is 37.4 Å². The van der Waals surface area contributed by atoms with Crippen molar-refractivity contribution in [2.24, 2.45) is 16.6 Å². The molecular formula is C22H26F3N5O2. The molecule has 10 heteroatoms. The Bertz CT molecular complexity index is 931. The first-order valence-electron chi connectivity index (χ1n) is 10.6. The molecule has 172 valence electrons. The van der Waals surface area contributed by atoms with E-state index in [0.29, 0.717) is 30.3 Å². The number of hydrogen-bond donors (Lipinski definition) is 3. The van der Waals surface area contributed by atoms with Crippen LogP contribution in [0, 0.1) is 11.7 Å². The van der Waals surface area contributed by atoms with Crippen molar-refractivity contribution in [1.82, 2.24) is 15.5 Å². The number of hydrogen-bond acceptors (Lipinski definition) is 6. The summed E-state index contributed by atoms with van der Waals surface area (Å²) in [6, 6.07) is 5.43. The maximum absolute atomic E-state index is 13.7. The second kappa shape index (κ2) is 9.23. The van der Waals surface area contributed by atoms with E-state index in [4.69, 9.17) is 10.5 Å². The molecule has 1 amide bonds. The number of amides is 1. The maximum atomic E-state index is 13.7. The number of carbonyl (C=O) groups excluding carboxylic acids is 1. The Labute approximate surface area is 184 Å². The lowest BCUT2D eigenvalue weighted by Gasteiger charge is -2.37. The highest BCUT2D eigenvalue weighted by Gasteiger charge is 2.36. The molecule has 4 N–H and O–H groups in total.